The molecule has 0 N–H and O–H groups in total. The zero-order valence-electron chi connectivity index (χ0n) is 16.5. The summed E-state index contributed by atoms with van der Waals surface area (Å²) in [6, 6.07) is 4.08. The summed E-state index contributed by atoms with van der Waals surface area (Å²) in [6.45, 7) is 1.42. The van der Waals surface area contributed by atoms with Crippen molar-refractivity contribution < 1.29 is 31.1 Å². The summed E-state index contributed by atoms with van der Waals surface area (Å²) in [5.41, 5.74) is 1.49. The number of carbonyl (C=O) groups is 1. The summed E-state index contributed by atoms with van der Waals surface area (Å²) in [5.74, 6) is -0.653. The third-order valence-corrected chi connectivity index (χ3v) is 7.35. The van der Waals surface area contributed by atoms with Crippen LogP contribution in [0.15, 0.2) is 35.4 Å². The smallest absolute Gasteiger partial charge is 0.406 e. The number of hydrogen-bond donors (Lipinski definition) is 0. The van der Waals surface area contributed by atoms with E-state index in [4.69, 9.17) is 0 Å². The maximum absolute atomic E-state index is 12.9. The number of benzene rings is 1. The van der Waals surface area contributed by atoms with Gasteiger partial charge in [-0.1, -0.05) is 0 Å². The standard InChI is InChI=1S/C19H21F3N4O4S/c20-19(21,22)30-14-4-6-15(7-5-14)31(28,29)25-11-9-24(10-12-25)18(27)16-13-23-26-8-2-1-3-17(16)26/h4-7,13H,1-3,8-12H2. The molecule has 0 radical (unpaired) electrons. The molecule has 1 aromatic heterocycles. The maximum Gasteiger partial charge on any atom is 0.573 e. The van der Waals surface area contributed by atoms with Crippen LogP contribution < -0.4 is 4.74 Å². The average Bonchev–Trinajstić information content (AvgIpc) is 3.17. The summed E-state index contributed by atoms with van der Waals surface area (Å²) in [6.07, 6.45) is -0.439. The van der Waals surface area contributed by atoms with E-state index in [-0.39, 0.29) is 37.0 Å². The van der Waals surface area contributed by atoms with E-state index in [2.05, 4.69) is 9.84 Å². The number of nitrogens with zero attached hydrogens (tertiary/aromatic N) is 4. The second-order valence-electron chi connectivity index (χ2n) is 7.40. The molecule has 0 aliphatic carbocycles. The lowest BCUT2D eigenvalue weighted by molar-refractivity contribution is -0.274. The summed E-state index contributed by atoms with van der Waals surface area (Å²) < 4.78 is 69.3. The zero-order valence-corrected chi connectivity index (χ0v) is 17.3. The monoisotopic (exact) mass is 458 g/mol. The van der Waals surface area contributed by atoms with Gasteiger partial charge in [0.1, 0.15) is 5.75 Å². The molecule has 1 fully saturated rings. The highest BCUT2D eigenvalue weighted by molar-refractivity contribution is 7.89. The van der Waals surface area contributed by atoms with Crippen LogP contribution in [0.2, 0.25) is 0 Å². The van der Waals surface area contributed by atoms with E-state index in [9.17, 15) is 26.4 Å². The Morgan fingerprint density at radius 1 is 1.00 bits per heavy atom. The summed E-state index contributed by atoms with van der Waals surface area (Å²) in [5, 5.41) is 4.28. The number of piperazine rings is 1. The van der Waals surface area contributed by atoms with Crippen molar-refractivity contribution in [3.8, 4) is 5.75 Å². The third-order valence-electron chi connectivity index (χ3n) is 5.43. The first kappa shape index (κ1) is 21.6. The van der Waals surface area contributed by atoms with Gasteiger partial charge in [-0.2, -0.15) is 9.40 Å². The predicted octanol–water partition coefficient (Wildman–Crippen LogP) is 2.26. The lowest BCUT2D eigenvalue weighted by Crippen LogP contribution is -2.50. The van der Waals surface area contributed by atoms with Gasteiger partial charge in [-0.3, -0.25) is 9.48 Å². The van der Waals surface area contributed by atoms with Crippen LogP contribution in [-0.2, 0) is 23.0 Å². The van der Waals surface area contributed by atoms with Crippen LogP contribution in [0.3, 0.4) is 0 Å². The molecule has 1 amide bonds. The molecule has 1 saturated heterocycles. The first-order valence-electron chi connectivity index (χ1n) is 9.85. The van der Waals surface area contributed by atoms with E-state index in [1.807, 2.05) is 4.68 Å². The number of hydrogen-bond acceptors (Lipinski definition) is 5. The van der Waals surface area contributed by atoms with Crippen LogP contribution in [0, 0.1) is 0 Å². The Bertz CT molecular complexity index is 1060. The van der Waals surface area contributed by atoms with Gasteiger partial charge in [-0.05, 0) is 43.5 Å². The average molecular weight is 458 g/mol. The van der Waals surface area contributed by atoms with Gasteiger partial charge >= 0.3 is 6.36 Å². The molecule has 0 unspecified atom stereocenters. The molecular weight excluding hydrogens is 437 g/mol. The van der Waals surface area contributed by atoms with Crippen molar-refractivity contribution in [3.05, 3.63) is 41.7 Å². The fraction of sp³-hybridized carbons (Fsp3) is 0.474. The normalized spacial score (nSPS) is 18.0. The van der Waals surface area contributed by atoms with Crippen molar-refractivity contribution in [1.82, 2.24) is 19.0 Å². The SMILES string of the molecule is O=C(c1cnn2c1CCCC2)N1CCN(S(=O)(=O)c2ccc(OC(F)(F)F)cc2)CC1. The minimum atomic E-state index is -4.85. The lowest BCUT2D eigenvalue weighted by Gasteiger charge is -2.34. The Labute approximate surface area is 177 Å². The minimum absolute atomic E-state index is 0.0956. The van der Waals surface area contributed by atoms with Crippen LogP contribution >= 0.6 is 0 Å². The van der Waals surface area contributed by atoms with Gasteiger partial charge in [0.2, 0.25) is 10.0 Å². The van der Waals surface area contributed by atoms with Crippen molar-refractivity contribution in [2.24, 2.45) is 0 Å². The fourth-order valence-electron chi connectivity index (χ4n) is 3.86. The second-order valence-corrected chi connectivity index (χ2v) is 9.34. The minimum Gasteiger partial charge on any atom is -0.406 e. The quantitative estimate of drug-likeness (QED) is 0.702. The molecule has 1 aromatic carbocycles. The first-order valence-corrected chi connectivity index (χ1v) is 11.3. The van der Waals surface area contributed by atoms with Gasteiger partial charge in [-0.25, -0.2) is 8.42 Å². The van der Waals surface area contributed by atoms with Crippen LogP contribution in [0.4, 0.5) is 13.2 Å². The zero-order chi connectivity index (χ0) is 22.2. The predicted molar refractivity (Wildman–Crippen MR) is 103 cm³/mol. The van der Waals surface area contributed by atoms with Gasteiger partial charge in [0.15, 0.2) is 0 Å². The number of rotatable bonds is 4. The van der Waals surface area contributed by atoms with Crippen molar-refractivity contribution in [2.45, 2.75) is 37.1 Å². The van der Waals surface area contributed by atoms with E-state index in [0.29, 0.717) is 5.56 Å². The number of halogens is 3. The number of ether oxygens (including phenoxy) is 1. The molecule has 31 heavy (non-hydrogen) atoms. The van der Waals surface area contributed by atoms with Crippen molar-refractivity contribution >= 4 is 15.9 Å². The largest absolute Gasteiger partial charge is 0.573 e. The van der Waals surface area contributed by atoms with Gasteiger partial charge in [0.05, 0.1) is 22.3 Å². The number of alkyl halides is 3. The molecule has 0 spiro atoms. The summed E-state index contributed by atoms with van der Waals surface area (Å²) >= 11 is 0. The van der Waals surface area contributed by atoms with E-state index < -0.39 is 22.1 Å². The molecule has 2 aromatic rings. The van der Waals surface area contributed by atoms with E-state index in [0.717, 1.165) is 55.8 Å². The van der Waals surface area contributed by atoms with Crippen LogP contribution in [0.1, 0.15) is 28.9 Å². The van der Waals surface area contributed by atoms with Gasteiger partial charge in [-0.15, -0.1) is 13.2 Å². The molecule has 0 bridgehead atoms. The number of carbonyl (C=O) groups excluding carboxylic acids is 1. The van der Waals surface area contributed by atoms with E-state index in [1.165, 1.54) is 4.31 Å². The number of fused-ring (bicyclic) bond motifs is 1. The van der Waals surface area contributed by atoms with Gasteiger partial charge < -0.3 is 9.64 Å². The highest BCUT2D eigenvalue weighted by Gasteiger charge is 2.33. The van der Waals surface area contributed by atoms with E-state index in [1.54, 1.807) is 11.1 Å². The Morgan fingerprint density at radius 2 is 1.68 bits per heavy atom. The van der Waals surface area contributed by atoms with Crippen LogP contribution in [0.25, 0.3) is 0 Å². The summed E-state index contributed by atoms with van der Waals surface area (Å²) in [7, 11) is -3.90. The number of aromatic nitrogens is 2. The van der Waals surface area contributed by atoms with Crippen molar-refractivity contribution in [2.75, 3.05) is 26.2 Å². The van der Waals surface area contributed by atoms with Crippen LogP contribution in [-0.4, -0.2) is 65.9 Å². The molecule has 8 nitrogen and oxygen atoms in total. The summed E-state index contributed by atoms with van der Waals surface area (Å²) in [4.78, 5) is 14.4. The van der Waals surface area contributed by atoms with Gasteiger partial charge in [0.25, 0.3) is 5.91 Å². The highest BCUT2D eigenvalue weighted by atomic mass is 32.2. The first-order chi connectivity index (χ1) is 14.6. The maximum atomic E-state index is 12.9. The molecule has 0 saturated carbocycles. The second kappa shape index (κ2) is 8.15. The Balaban J connectivity index is 1.41. The Hall–Kier alpha value is -2.60. The van der Waals surface area contributed by atoms with Crippen LogP contribution in [0.5, 0.6) is 5.75 Å². The van der Waals surface area contributed by atoms with Crippen molar-refractivity contribution in [3.63, 3.8) is 0 Å². The molecule has 0 atom stereocenters. The molecular formula is C19H21F3N4O4S. The molecule has 168 valence electrons. The van der Waals surface area contributed by atoms with Gasteiger partial charge in [0, 0.05) is 32.7 Å². The molecule has 4 rings (SSSR count). The van der Waals surface area contributed by atoms with E-state index >= 15 is 0 Å². The number of amides is 1. The third kappa shape index (κ3) is 4.54. The Morgan fingerprint density at radius 3 is 2.32 bits per heavy atom. The fourth-order valence-corrected chi connectivity index (χ4v) is 5.29. The topological polar surface area (TPSA) is 84.7 Å². The number of sulfonamides is 1. The lowest BCUT2D eigenvalue weighted by atomic mass is 10.1. The Kier molecular flexibility index (Phi) is 5.69. The van der Waals surface area contributed by atoms with Crippen molar-refractivity contribution in [1.29, 1.82) is 0 Å². The molecule has 2 aliphatic rings. The molecule has 2 aliphatic heterocycles. The molecule has 3 heterocycles. The number of aryl methyl sites for hydroxylation is 1. The highest BCUT2D eigenvalue weighted by Crippen LogP contribution is 2.26. The molecule has 12 heteroatoms.